The van der Waals surface area contributed by atoms with Gasteiger partial charge in [0.2, 0.25) is 0 Å². The Morgan fingerprint density at radius 2 is 1.84 bits per heavy atom. The number of ether oxygens (including phenoxy) is 1. The van der Waals surface area contributed by atoms with E-state index in [1.807, 2.05) is 42.5 Å². The molecule has 25 heavy (non-hydrogen) atoms. The Morgan fingerprint density at radius 1 is 1.16 bits per heavy atom. The van der Waals surface area contributed by atoms with Crippen molar-refractivity contribution in [3.63, 3.8) is 0 Å². The normalized spacial score (nSPS) is 16.4. The Labute approximate surface area is 153 Å². The van der Waals surface area contributed by atoms with Gasteiger partial charge in [-0.2, -0.15) is 0 Å². The molecular formula is C20H23ClN2O2. The third kappa shape index (κ3) is 4.03. The first-order chi connectivity index (χ1) is 12.1. The molecule has 1 aliphatic heterocycles. The molecule has 4 nitrogen and oxygen atoms in total. The Bertz CT molecular complexity index is 725. The number of halogens is 1. The van der Waals surface area contributed by atoms with Crippen molar-refractivity contribution in [2.24, 2.45) is 0 Å². The number of carbonyl (C=O) groups is 1. The largest absolute Gasteiger partial charge is 0.368 e. The van der Waals surface area contributed by atoms with Crippen molar-refractivity contribution in [3.05, 3.63) is 59.1 Å². The average Bonchev–Trinajstić information content (AvgIpc) is 2.67. The van der Waals surface area contributed by atoms with Crippen LogP contribution in [0.1, 0.15) is 18.4 Å². The molecule has 0 bridgehead atoms. The summed E-state index contributed by atoms with van der Waals surface area (Å²) in [6.45, 7) is 2.06. The minimum absolute atomic E-state index is 0.0394. The van der Waals surface area contributed by atoms with Gasteiger partial charge in [-0.25, -0.2) is 0 Å². The van der Waals surface area contributed by atoms with Gasteiger partial charge in [0, 0.05) is 18.7 Å². The maximum atomic E-state index is 12.7. The summed E-state index contributed by atoms with van der Waals surface area (Å²) in [7, 11) is 1.62. The van der Waals surface area contributed by atoms with Crippen molar-refractivity contribution in [1.82, 2.24) is 10.6 Å². The maximum absolute atomic E-state index is 12.7. The zero-order chi connectivity index (χ0) is 17.7. The molecule has 1 saturated heterocycles. The first kappa shape index (κ1) is 17.9. The van der Waals surface area contributed by atoms with Gasteiger partial charge >= 0.3 is 0 Å². The van der Waals surface area contributed by atoms with Crippen LogP contribution >= 0.6 is 11.6 Å². The maximum Gasteiger partial charge on any atom is 0.252 e. The molecule has 0 saturated carbocycles. The van der Waals surface area contributed by atoms with Crippen molar-refractivity contribution >= 4 is 17.5 Å². The number of hydrogen-bond acceptors (Lipinski definition) is 3. The number of amides is 1. The van der Waals surface area contributed by atoms with Crippen molar-refractivity contribution in [2.45, 2.75) is 25.0 Å². The summed E-state index contributed by atoms with van der Waals surface area (Å²) in [5, 5.41) is 7.04. The van der Waals surface area contributed by atoms with E-state index in [4.69, 9.17) is 16.3 Å². The molecule has 1 fully saturated rings. The first-order valence-corrected chi connectivity index (χ1v) is 8.90. The van der Waals surface area contributed by atoms with Gasteiger partial charge in [-0.1, -0.05) is 48.0 Å². The fourth-order valence-corrected chi connectivity index (χ4v) is 3.40. The van der Waals surface area contributed by atoms with Crippen LogP contribution in [0.25, 0.3) is 11.1 Å². The third-order valence-corrected chi connectivity index (χ3v) is 5.08. The highest BCUT2D eigenvalue weighted by molar-refractivity contribution is 6.30. The second-order valence-electron chi connectivity index (χ2n) is 6.30. The van der Waals surface area contributed by atoms with Crippen LogP contribution in [0.3, 0.4) is 0 Å². The van der Waals surface area contributed by atoms with Crippen LogP contribution in [-0.4, -0.2) is 31.7 Å². The minimum atomic E-state index is -0.722. The SMILES string of the molecule is COC1(C(=O)NCc2ccccc2-c2ccc(Cl)cc2)CCNCC1. The standard InChI is InChI=1S/C20H23ClN2O2/c1-25-20(10-12-22-13-11-20)19(24)23-14-16-4-2-3-5-18(16)15-6-8-17(21)9-7-15/h2-9,22H,10-14H2,1H3,(H,23,24). The summed E-state index contributed by atoms with van der Waals surface area (Å²) in [5.41, 5.74) is 2.52. The zero-order valence-corrected chi connectivity index (χ0v) is 15.1. The molecule has 0 radical (unpaired) electrons. The smallest absolute Gasteiger partial charge is 0.252 e. The highest BCUT2D eigenvalue weighted by Gasteiger charge is 2.39. The molecule has 0 aromatic heterocycles. The molecule has 1 aliphatic rings. The van der Waals surface area contributed by atoms with Gasteiger partial charge in [0.25, 0.3) is 5.91 Å². The lowest BCUT2D eigenvalue weighted by Gasteiger charge is -2.34. The molecule has 0 atom stereocenters. The Kier molecular flexibility index (Phi) is 5.74. The Morgan fingerprint density at radius 3 is 2.52 bits per heavy atom. The minimum Gasteiger partial charge on any atom is -0.368 e. The molecule has 0 unspecified atom stereocenters. The van der Waals surface area contributed by atoms with Gasteiger partial charge < -0.3 is 15.4 Å². The molecule has 1 amide bonds. The van der Waals surface area contributed by atoms with Gasteiger partial charge in [0.15, 0.2) is 0 Å². The van der Waals surface area contributed by atoms with Gasteiger partial charge in [-0.05, 0) is 54.8 Å². The predicted molar refractivity (Wildman–Crippen MR) is 101 cm³/mol. The second kappa shape index (κ2) is 8.00. The van der Waals surface area contributed by atoms with Gasteiger partial charge in [0.05, 0.1) is 0 Å². The second-order valence-corrected chi connectivity index (χ2v) is 6.73. The summed E-state index contributed by atoms with van der Waals surface area (Å²) in [6, 6.07) is 15.8. The summed E-state index contributed by atoms with van der Waals surface area (Å²) < 4.78 is 5.59. The molecule has 0 spiro atoms. The Hall–Kier alpha value is -1.88. The van der Waals surface area contributed by atoms with Gasteiger partial charge in [-0.3, -0.25) is 4.79 Å². The molecule has 2 N–H and O–H groups in total. The monoisotopic (exact) mass is 358 g/mol. The Balaban J connectivity index is 1.75. The van der Waals surface area contributed by atoms with Crippen LogP contribution in [-0.2, 0) is 16.1 Å². The van der Waals surface area contributed by atoms with Crippen LogP contribution in [0, 0.1) is 0 Å². The number of benzene rings is 2. The summed E-state index contributed by atoms with van der Waals surface area (Å²) in [6.07, 6.45) is 1.38. The lowest BCUT2D eigenvalue weighted by Crippen LogP contribution is -2.53. The summed E-state index contributed by atoms with van der Waals surface area (Å²) in [4.78, 5) is 12.7. The van der Waals surface area contributed by atoms with Crippen LogP contribution in [0.2, 0.25) is 5.02 Å². The number of rotatable bonds is 5. The average molecular weight is 359 g/mol. The molecule has 3 rings (SSSR count). The fraction of sp³-hybridized carbons (Fsp3) is 0.350. The number of methoxy groups -OCH3 is 1. The van der Waals surface area contributed by atoms with E-state index < -0.39 is 5.60 Å². The summed E-state index contributed by atoms with van der Waals surface area (Å²) >= 11 is 5.98. The van der Waals surface area contributed by atoms with E-state index in [0.29, 0.717) is 24.4 Å². The van der Waals surface area contributed by atoms with Gasteiger partial charge in [-0.15, -0.1) is 0 Å². The third-order valence-electron chi connectivity index (χ3n) is 4.83. The molecular weight excluding hydrogens is 336 g/mol. The van der Waals surface area contributed by atoms with Crippen molar-refractivity contribution < 1.29 is 9.53 Å². The summed E-state index contributed by atoms with van der Waals surface area (Å²) in [5.74, 6) is -0.0394. The highest BCUT2D eigenvalue weighted by Crippen LogP contribution is 2.26. The lowest BCUT2D eigenvalue weighted by atomic mass is 9.91. The fourth-order valence-electron chi connectivity index (χ4n) is 3.28. The van der Waals surface area contributed by atoms with E-state index in [2.05, 4.69) is 16.7 Å². The van der Waals surface area contributed by atoms with E-state index >= 15 is 0 Å². The van der Waals surface area contributed by atoms with Crippen LogP contribution in [0.4, 0.5) is 0 Å². The zero-order valence-electron chi connectivity index (χ0n) is 14.3. The van der Waals surface area contributed by atoms with Crippen molar-refractivity contribution in [3.8, 4) is 11.1 Å². The van der Waals surface area contributed by atoms with Crippen molar-refractivity contribution in [1.29, 1.82) is 0 Å². The van der Waals surface area contributed by atoms with Crippen LogP contribution in [0.15, 0.2) is 48.5 Å². The highest BCUT2D eigenvalue weighted by atomic mass is 35.5. The quantitative estimate of drug-likeness (QED) is 0.861. The van der Waals surface area contributed by atoms with E-state index in [1.165, 1.54) is 0 Å². The van der Waals surface area contributed by atoms with Crippen LogP contribution < -0.4 is 10.6 Å². The van der Waals surface area contributed by atoms with E-state index in [0.717, 1.165) is 29.8 Å². The number of carbonyl (C=O) groups excluding carboxylic acids is 1. The lowest BCUT2D eigenvalue weighted by molar-refractivity contribution is -0.146. The predicted octanol–water partition coefficient (Wildman–Crippen LogP) is 3.39. The van der Waals surface area contributed by atoms with E-state index in [9.17, 15) is 4.79 Å². The van der Waals surface area contributed by atoms with Crippen LogP contribution in [0.5, 0.6) is 0 Å². The molecule has 132 valence electrons. The molecule has 2 aromatic carbocycles. The molecule has 0 aliphatic carbocycles. The van der Waals surface area contributed by atoms with E-state index in [-0.39, 0.29) is 5.91 Å². The molecule has 1 heterocycles. The number of piperidine rings is 1. The molecule has 5 heteroatoms. The topological polar surface area (TPSA) is 50.4 Å². The van der Waals surface area contributed by atoms with Gasteiger partial charge in [0.1, 0.15) is 5.60 Å². The molecule has 2 aromatic rings. The number of hydrogen-bond donors (Lipinski definition) is 2. The first-order valence-electron chi connectivity index (χ1n) is 8.53. The van der Waals surface area contributed by atoms with E-state index in [1.54, 1.807) is 7.11 Å². The number of nitrogens with one attached hydrogen (secondary N) is 2. The van der Waals surface area contributed by atoms with Crippen molar-refractivity contribution in [2.75, 3.05) is 20.2 Å².